The molecular formula is C14H13N2O3S-. The van der Waals surface area contributed by atoms with Gasteiger partial charge in [0.05, 0.1) is 11.5 Å². The number of rotatable bonds is 3. The number of thiophene rings is 1. The molecule has 0 saturated heterocycles. The van der Waals surface area contributed by atoms with Crippen LogP contribution in [-0.4, -0.2) is 11.9 Å². The number of fused-ring (bicyclic) bond motifs is 1. The van der Waals surface area contributed by atoms with Gasteiger partial charge in [0.2, 0.25) is 5.91 Å². The highest BCUT2D eigenvalue weighted by Gasteiger charge is 2.24. The quantitative estimate of drug-likeness (QED) is 0.840. The first kappa shape index (κ1) is 14.3. The van der Waals surface area contributed by atoms with E-state index >= 15 is 0 Å². The van der Waals surface area contributed by atoms with Crippen LogP contribution in [0.15, 0.2) is 12.2 Å². The average Bonchev–Trinajstić information content (AvgIpc) is 2.72. The molecule has 5 nitrogen and oxygen atoms in total. The maximum absolute atomic E-state index is 11.6. The summed E-state index contributed by atoms with van der Waals surface area (Å²) in [5.74, 6) is -1.42. The van der Waals surface area contributed by atoms with Gasteiger partial charge in [-0.2, -0.15) is 5.26 Å². The lowest BCUT2D eigenvalue weighted by Crippen LogP contribution is -2.20. The van der Waals surface area contributed by atoms with E-state index in [4.69, 9.17) is 0 Å². The van der Waals surface area contributed by atoms with Gasteiger partial charge in [0, 0.05) is 11.0 Å². The predicted octanol–water partition coefficient (Wildman–Crippen LogP) is 0.989. The predicted molar refractivity (Wildman–Crippen MR) is 73.0 cm³/mol. The number of hydrogen-bond acceptors (Lipinski definition) is 5. The van der Waals surface area contributed by atoms with Gasteiger partial charge < -0.3 is 15.2 Å². The van der Waals surface area contributed by atoms with Crippen molar-refractivity contribution in [3.63, 3.8) is 0 Å². The summed E-state index contributed by atoms with van der Waals surface area (Å²) in [5, 5.41) is 22.6. The Morgan fingerprint density at radius 2 is 2.25 bits per heavy atom. The third kappa shape index (κ3) is 3.06. The van der Waals surface area contributed by atoms with Crippen molar-refractivity contribution in [2.45, 2.75) is 26.2 Å². The van der Waals surface area contributed by atoms with E-state index in [0.717, 1.165) is 35.8 Å². The Balaban J connectivity index is 2.23. The third-order valence-corrected chi connectivity index (χ3v) is 4.40. The van der Waals surface area contributed by atoms with Crippen molar-refractivity contribution in [3.8, 4) is 6.07 Å². The lowest BCUT2D eigenvalue weighted by Gasteiger charge is -2.17. The third-order valence-electron chi connectivity index (χ3n) is 3.23. The molecule has 1 aliphatic carbocycles. The van der Waals surface area contributed by atoms with Crippen LogP contribution in [0.4, 0.5) is 5.00 Å². The minimum absolute atomic E-state index is 0.500. The van der Waals surface area contributed by atoms with Gasteiger partial charge in [-0.3, -0.25) is 4.79 Å². The summed E-state index contributed by atoms with van der Waals surface area (Å²) in [5.41, 5.74) is 1.53. The second-order valence-corrected chi connectivity index (χ2v) is 5.91. The number of amides is 1. The van der Waals surface area contributed by atoms with Crippen LogP contribution >= 0.6 is 11.3 Å². The Labute approximate surface area is 120 Å². The zero-order valence-electron chi connectivity index (χ0n) is 10.9. The molecule has 0 spiro atoms. The number of aliphatic carboxylic acids is 1. The molecule has 0 unspecified atom stereocenters. The van der Waals surface area contributed by atoms with Crippen molar-refractivity contribution in [2.24, 2.45) is 5.92 Å². The zero-order chi connectivity index (χ0) is 14.7. The summed E-state index contributed by atoms with van der Waals surface area (Å²) in [6.45, 7) is 2.16. The number of nitriles is 1. The van der Waals surface area contributed by atoms with E-state index in [9.17, 15) is 20.0 Å². The van der Waals surface area contributed by atoms with Crippen molar-refractivity contribution in [3.05, 3.63) is 28.2 Å². The molecule has 1 N–H and O–H groups in total. The maximum Gasteiger partial charge on any atom is 0.249 e. The van der Waals surface area contributed by atoms with Crippen LogP contribution in [0.1, 0.15) is 29.3 Å². The number of anilines is 1. The molecule has 1 aromatic rings. The molecule has 0 radical (unpaired) electrons. The van der Waals surface area contributed by atoms with Crippen molar-refractivity contribution >= 4 is 28.2 Å². The van der Waals surface area contributed by atoms with Gasteiger partial charge in [0.15, 0.2) is 0 Å². The number of nitrogens with one attached hydrogen (secondary N) is 1. The van der Waals surface area contributed by atoms with Gasteiger partial charge in [-0.1, -0.05) is 6.92 Å². The van der Waals surface area contributed by atoms with Crippen LogP contribution in [0.2, 0.25) is 0 Å². The Hall–Kier alpha value is -2.13. The molecule has 20 heavy (non-hydrogen) atoms. The molecule has 1 atom stereocenters. The van der Waals surface area contributed by atoms with E-state index in [1.165, 1.54) is 11.3 Å². The SMILES string of the molecule is C[C@@H]1CCc2c(sc(NC(=O)/C=C/C(=O)[O-])c2C#N)C1. The number of hydrogen-bond donors (Lipinski definition) is 1. The minimum Gasteiger partial charge on any atom is -0.545 e. The molecule has 0 aliphatic heterocycles. The highest BCUT2D eigenvalue weighted by atomic mass is 32.1. The Kier molecular flexibility index (Phi) is 4.20. The molecule has 104 valence electrons. The van der Waals surface area contributed by atoms with Gasteiger partial charge >= 0.3 is 0 Å². The Morgan fingerprint density at radius 3 is 2.90 bits per heavy atom. The standard InChI is InChI=1S/C14H14N2O3S/c1-8-2-3-9-10(7-15)14(20-11(9)6-8)16-12(17)4-5-13(18)19/h4-5,8H,2-3,6H2,1H3,(H,16,17)(H,18,19)/p-1/b5-4+/t8-/m1/s1. The minimum atomic E-state index is -1.43. The highest BCUT2D eigenvalue weighted by molar-refractivity contribution is 7.16. The van der Waals surface area contributed by atoms with Crippen LogP contribution in [0.25, 0.3) is 0 Å². The number of carbonyl (C=O) groups excluding carboxylic acids is 2. The first-order chi connectivity index (χ1) is 9.51. The molecule has 1 aliphatic rings. The molecule has 6 heteroatoms. The van der Waals surface area contributed by atoms with Crippen LogP contribution in [0.3, 0.4) is 0 Å². The smallest absolute Gasteiger partial charge is 0.249 e. The van der Waals surface area contributed by atoms with Gasteiger partial charge in [-0.05, 0) is 36.8 Å². The second-order valence-electron chi connectivity index (χ2n) is 4.81. The van der Waals surface area contributed by atoms with Crippen molar-refractivity contribution < 1.29 is 14.7 Å². The van der Waals surface area contributed by atoms with Gasteiger partial charge in [-0.25, -0.2) is 0 Å². The lowest BCUT2D eigenvalue weighted by molar-refractivity contribution is -0.297. The van der Waals surface area contributed by atoms with E-state index < -0.39 is 11.9 Å². The van der Waals surface area contributed by atoms with E-state index in [0.29, 0.717) is 22.6 Å². The molecule has 0 aromatic carbocycles. The fraction of sp³-hybridized carbons (Fsp3) is 0.357. The first-order valence-corrected chi connectivity index (χ1v) is 7.07. The van der Waals surface area contributed by atoms with Crippen LogP contribution < -0.4 is 10.4 Å². The first-order valence-electron chi connectivity index (χ1n) is 6.26. The summed E-state index contributed by atoms with van der Waals surface area (Å²) in [6, 6.07) is 2.13. The summed E-state index contributed by atoms with van der Waals surface area (Å²) in [6.07, 6.45) is 4.35. The van der Waals surface area contributed by atoms with E-state index in [-0.39, 0.29) is 0 Å². The van der Waals surface area contributed by atoms with Crippen molar-refractivity contribution in [2.75, 3.05) is 5.32 Å². The summed E-state index contributed by atoms with van der Waals surface area (Å²) < 4.78 is 0. The summed E-state index contributed by atoms with van der Waals surface area (Å²) in [7, 11) is 0. The van der Waals surface area contributed by atoms with Crippen molar-refractivity contribution in [1.29, 1.82) is 5.26 Å². The van der Waals surface area contributed by atoms with Crippen LogP contribution in [0, 0.1) is 17.2 Å². The number of carbonyl (C=O) groups is 2. The normalized spacial score (nSPS) is 17.5. The number of carboxylic acid groups (broad SMARTS) is 1. The van der Waals surface area contributed by atoms with Gasteiger partial charge in [-0.15, -0.1) is 11.3 Å². The van der Waals surface area contributed by atoms with Crippen LogP contribution in [-0.2, 0) is 22.4 Å². The largest absolute Gasteiger partial charge is 0.545 e. The molecule has 1 amide bonds. The van der Waals surface area contributed by atoms with Crippen LogP contribution in [0.5, 0.6) is 0 Å². The maximum atomic E-state index is 11.6. The topological polar surface area (TPSA) is 93.0 Å². The fourth-order valence-electron chi connectivity index (χ4n) is 2.25. The number of carboxylic acids is 1. The highest BCUT2D eigenvalue weighted by Crippen LogP contribution is 2.39. The number of nitrogens with zero attached hydrogens (tertiary/aromatic N) is 1. The summed E-state index contributed by atoms with van der Waals surface area (Å²) >= 11 is 1.40. The fourth-order valence-corrected chi connectivity index (χ4v) is 3.62. The molecule has 0 fully saturated rings. The monoisotopic (exact) mass is 289 g/mol. The van der Waals surface area contributed by atoms with Gasteiger partial charge in [0.1, 0.15) is 11.1 Å². The van der Waals surface area contributed by atoms with E-state index in [2.05, 4.69) is 18.3 Å². The molecule has 2 rings (SSSR count). The molecule has 1 heterocycles. The molecule has 1 aromatic heterocycles. The molecular weight excluding hydrogens is 276 g/mol. The molecule has 0 bridgehead atoms. The lowest BCUT2D eigenvalue weighted by atomic mass is 9.89. The van der Waals surface area contributed by atoms with E-state index in [1.54, 1.807) is 0 Å². The Bertz CT molecular complexity index is 625. The van der Waals surface area contributed by atoms with E-state index in [1.807, 2.05) is 0 Å². The molecule has 0 saturated carbocycles. The van der Waals surface area contributed by atoms with Gasteiger partial charge in [0.25, 0.3) is 0 Å². The zero-order valence-corrected chi connectivity index (χ0v) is 11.8. The summed E-state index contributed by atoms with van der Waals surface area (Å²) in [4.78, 5) is 23.0. The van der Waals surface area contributed by atoms with Crippen molar-refractivity contribution in [1.82, 2.24) is 0 Å². The Morgan fingerprint density at radius 1 is 1.50 bits per heavy atom. The average molecular weight is 289 g/mol. The second kappa shape index (κ2) is 5.88.